The van der Waals surface area contributed by atoms with Crippen LogP contribution in [0.25, 0.3) is 0 Å². The van der Waals surface area contributed by atoms with Crippen LogP contribution in [-0.2, 0) is 6.54 Å². The van der Waals surface area contributed by atoms with Crippen molar-refractivity contribution in [3.05, 3.63) is 46.0 Å². The van der Waals surface area contributed by atoms with Crippen molar-refractivity contribution >= 4 is 16.8 Å². The van der Waals surface area contributed by atoms with Crippen LogP contribution in [0, 0.1) is 10.1 Å². The first-order valence-corrected chi connectivity index (χ1v) is 6.91. The van der Waals surface area contributed by atoms with Gasteiger partial charge >= 0.3 is 0 Å². The van der Waals surface area contributed by atoms with E-state index in [1.54, 1.807) is 0 Å². The lowest BCUT2D eigenvalue weighted by Crippen LogP contribution is -2.44. The molecule has 0 amide bonds. The highest BCUT2D eigenvalue weighted by atomic mass is 32.2. The Balaban J connectivity index is 2.05. The molecular formula is C12H15N3O2S. The van der Waals surface area contributed by atoms with Gasteiger partial charge in [0.15, 0.2) is 0 Å². The molecule has 2 rings (SSSR count). The molecule has 0 saturated carbocycles. The van der Waals surface area contributed by atoms with Crippen molar-refractivity contribution < 1.29 is 4.92 Å². The zero-order valence-corrected chi connectivity index (χ0v) is 11.0. The molecule has 1 heterocycles. The molecule has 0 saturated heterocycles. The predicted molar refractivity (Wildman–Crippen MR) is 73.5 cm³/mol. The van der Waals surface area contributed by atoms with E-state index in [4.69, 9.17) is 0 Å². The van der Waals surface area contributed by atoms with E-state index < -0.39 is 6.04 Å². The molecule has 0 N–H and O–H groups in total. The summed E-state index contributed by atoms with van der Waals surface area (Å²) >= 11 is 1.37. The summed E-state index contributed by atoms with van der Waals surface area (Å²) in [5.41, 5.74) is 1.15. The Hall–Kier alpha value is -1.40. The van der Waals surface area contributed by atoms with E-state index in [9.17, 15) is 10.1 Å². The summed E-state index contributed by atoms with van der Waals surface area (Å²) in [4.78, 5) is 17.1. The average molecular weight is 265 g/mol. The van der Waals surface area contributed by atoms with Crippen LogP contribution in [0.4, 0.5) is 0 Å². The molecule has 6 heteroatoms. The summed E-state index contributed by atoms with van der Waals surface area (Å²) in [7, 11) is 0. The van der Waals surface area contributed by atoms with Crippen LogP contribution in [0.5, 0.6) is 0 Å². The second kappa shape index (κ2) is 5.97. The number of hydrogen-bond donors (Lipinski definition) is 0. The molecule has 0 radical (unpaired) electrons. The highest BCUT2D eigenvalue weighted by Crippen LogP contribution is 2.16. The number of nitrogens with zero attached hydrogens (tertiary/aromatic N) is 3. The van der Waals surface area contributed by atoms with Crippen molar-refractivity contribution in [2.45, 2.75) is 12.6 Å². The molecule has 18 heavy (non-hydrogen) atoms. The summed E-state index contributed by atoms with van der Waals surface area (Å²) in [6.45, 7) is 1.67. The van der Waals surface area contributed by atoms with Crippen LogP contribution < -0.4 is 0 Å². The molecule has 1 atom stereocenters. The van der Waals surface area contributed by atoms with Crippen molar-refractivity contribution in [3.63, 3.8) is 0 Å². The lowest BCUT2D eigenvalue weighted by Gasteiger charge is -2.26. The molecule has 1 aromatic carbocycles. The molecule has 1 aliphatic heterocycles. The van der Waals surface area contributed by atoms with Gasteiger partial charge in [-0.15, -0.1) is 11.8 Å². The average Bonchev–Trinajstić information content (AvgIpc) is 2.40. The normalized spacial score (nSPS) is 20.5. The first-order valence-electron chi connectivity index (χ1n) is 5.69. The molecule has 1 unspecified atom stereocenters. The Morgan fingerprint density at radius 2 is 2.22 bits per heavy atom. The third-order valence-corrected chi connectivity index (χ3v) is 3.67. The first kappa shape index (κ1) is 13.0. The van der Waals surface area contributed by atoms with Gasteiger partial charge in [0.05, 0.1) is 13.2 Å². The molecule has 0 aliphatic carbocycles. The smallest absolute Gasteiger partial charge is 0.272 e. The van der Waals surface area contributed by atoms with Crippen molar-refractivity contribution in [1.29, 1.82) is 0 Å². The van der Waals surface area contributed by atoms with Crippen molar-refractivity contribution in [2.24, 2.45) is 4.99 Å². The monoisotopic (exact) mass is 265 g/mol. The second-order valence-electron chi connectivity index (χ2n) is 4.14. The summed E-state index contributed by atoms with van der Waals surface area (Å²) in [5, 5.41) is 11.6. The highest BCUT2D eigenvalue weighted by Gasteiger charge is 2.32. The fraction of sp³-hybridized carbons (Fsp3) is 0.417. The summed E-state index contributed by atoms with van der Waals surface area (Å²) in [5.74, 6) is 0. The molecular weight excluding hydrogens is 250 g/mol. The summed E-state index contributed by atoms with van der Waals surface area (Å²) < 4.78 is 0. The maximum Gasteiger partial charge on any atom is 0.272 e. The summed E-state index contributed by atoms with van der Waals surface area (Å²) in [6, 6.07) is 9.27. The first-order chi connectivity index (χ1) is 8.70. The van der Waals surface area contributed by atoms with Crippen LogP contribution in [0.2, 0.25) is 0 Å². The zero-order valence-electron chi connectivity index (χ0n) is 10.2. The minimum absolute atomic E-state index is 0.244. The van der Waals surface area contributed by atoms with Gasteiger partial charge in [0.1, 0.15) is 5.04 Å². The van der Waals surface area contributed by atoms with Crippen molar-refractivity contribution in [3.8, 4) is 0 Å². The number of hydrogen-bond acceptors (Lipinski definition) is 5. The minimum Gasteiger partial charge on any atom is -0.273 e. The topological polar surface area (TPSA) is 58.7 Å². The van der Waals surface area contributed by atoms with Gasteiger partial charge in [0.25, 0.3) is 6.04 Å². The van der Waals surface area contributed by atoms with Crippen LogP contribution in [0.15, 0.2) is 35.3 Å². The maximum absolute atomic E-state index is 11.0. The lowest BCUT2D eigenvalue weighted by atomic mass is 10.2. The largest absolute Gasteiger partial charge is 0.273 e. The quantitative estimate of drug-likeness (QED) is 0.618. The number of nitro groups is 1. The van der Waals surface area contributed by atoms with Gasteiger partial charge < -0.3 is 0 Å². The Morgan fingerprint density at radius 3 is 2.83 bits per heavy atom. The number of thioether (sulfide) groups is 1. The third kappa shape index (κ3) is 3.08. The van der Waals surface area contributed by atoms with Gasteiger partial charge in [-0.1, -0.05) is 30.3 Å². The zero-order chi connectivity index (χ0) is 13.0. The van der Waals surface area contributed by atoms with E-state index in [1.807, 2.05) is 41.5 Å². The second-order valence-corrected chi connectivity index (χ2v) is 4.97. The van der Waals surface area contributed by atoms with Crippen molar-refractivity contribution in [1.82, 2.24) is 4.90 Å². The molecule has 0 spiro atoms. The van der Waals surface area contributed by atoms with Crippen molar-refractivity contribution in [2.75, 3.05) is 19.5 Å². The molecule has 0 bridgehead atoms. The van der Waals surface area contributed by atoms with Crippen LogP contribution >= 0.6 is 11.8 Å². The Labute approximate surface area is 110 Å². The molecule has 1 aromatic rings. The number of aliphatic imine (C=N–C) groups is 1. The summed E-state index contributed by atoms with van der Waals surface area (Å²) in [6.07, 6.45) is 1.84. The molecule has 5 nitrogen and oxygen atoms in total. The van der Waals surface area contributed by atoms with E-state index in [1.165, 1.54) is 11.8 Å². The predicted octanol–water partition coefficient (Wildman–Crippen LogP) is 1.87. The standard InChI is InChI=1S/C12H15N3O2S/c1-18-12-11(15(16)17)8-14(9-13-12)7-10-5-3-2-4-6-10/h2-6,11H,7-9H2,1H3. The van der Waals surface area contributed by atoms with Gasteiger partial charge in [-0.2, -0.15) is 0 Å². The van der Waals surface area contributed by atoms with Gasteiger partial charge in [-0.05, 0) is 11.8 Å². The Bertz CT molecular complexity index is 450. The van der Waals surface area contributed by atoms with Crippen LogP contribution in [0.1, 0.15) is 5.56 Å². The van der Waals surface area contributed by atoms with Gasteiger partial charge in [0.2, 0.25) is 0 Å². The van der Waals surface area contributed by atoms with Gasteiger partial charge in [-0.3, -0.25) is 20.0 Å². The van der Waals surface area contributed by atoms with E-state index >= 15 is 0 Å². The third-order valence-electron chi connectivity index (χ3n) is 2.86. The molecule has 1 aliphatic rings. The van der Waals surface area contributed by atoms with E-state index in [-0.39, 0.29) is 4.92 Å². The highest BCUT2D eigenvalue weighted by molar-refractivity contribution is 8.13. The SMILES string of the molecule is CSC1=NCN(Cc2ccccc2)CC1[N+](=O)[O-]. The number of benzene rings is 1. The Kier molecular flexibility index (Phi) is 4.33. The van der Waals surface area contributed by atoms with E-state index in [2.05, 4.69) is 4.99 Å². The van der Waals surface area contributed by atoms with E-state index in [0.29, 0.717) is 24.8 Å². The lowest BCUT2D eigenvalue weighted by molar-refractivity contribution is -0.503. The van der Waals surface area contributed by atoms with Crippen LogP contribution in [0.3, 0.4) is 0 Å². The van der Waals surface area contributed by atoms with Crippen LogP contribution in [-0.4, -0.2) is 40.4 Å². The fourth-order valence-corrected chi connectivity index (χ4v) is 2.59. The minimum atomic E-state index is -0.683. The fourth-order valence-electron chi connectivity index (χ4n) is 1.97. The molecule has 96 valence electrons. The maximum atomic E-state index is 11.0. The molecule has 0 aromatic heterocycles. The Morgan fingerprint density at radius 1 is 1.50 bits per heavy atom. The van der Waals surface area contributed by atoms with E-state index in [0.717, 1.165) is 5.56 Å². The number of rotatable bonds is 3. The molecule has 0 fully saturated rings. The van der Waals surface area contributed by atoms with Gasteiger partial charge in [-0.25, -0.2) is 0 Å². The van der Waals surface area contributed by atoms with Gasteiger partial charge in [0, 0.05) is 11.5 Å².